The lowest BCUT2D eigenvalue weighted by atomic mass is 10.1. The van der Waals surface area contributed by atoms with Crippen molar-refractivity contribution in [2.24, 2.45) is 0 Å². The molecule has 6 heteroatoms. The van der Waals surface area contributed by atoms with Gasteiger partial charge in [0.2, 0.25) is 0 Å². The lowest BCUT2D eigenvalue weighted by molar-refractivity contribution is -0.385. The SMILES string of the molecule is N#Cc1cc(NCCCN2CCCC2)ccc1[N+](=O)[O-]. The molecule has 20 heavy (non-hydrogen) atoms. The second-order valence-electron chi connectivity index (χ2n) is 4.93. The Morgan fingerprint density at radius 2 is 2.15 bits per heavy atom. The highest BCUT2D eigenvalue weighted by Crippen LogP contribution is 2.21. The van der Waals surface area contributed by atoms with Gasteiger partial charge in [0.1, 0.15) is 11.6 Å². The fourth-order valence-electron chi connectivity index (χ4n) is 2.44. The molecule has 1 aliphatic heterocycles. The molecule has 1 saturated heterocycles. The van der Waals surface area contributed by atoms with Gasteiger partial charge in [-0.3, -0.25) is 10.1 Å². The van der Waals surface area contributed by atoms with E-state index in [2.05, 4.69) is 10.2 Å². The summed E-state index contributed by atoms with van der Waals surface area (Å²) < 4.78 is 0. The number of nitrogens with one attached hydrogen (secondary N) is 1. The van der Waals surface area contributed by atoms with Crippen molar-refractivity contribution >= 4 is 11.4 Å². The highest BCUT2D eigenvalue weighted by Gasteiger charge is 2.13. The van der Waals surface area contributed by atoms with Gasteiger partial charge in [0, 0.05) is 18.3 Å². The van der Waals surface area contributed by atoms with Crippen LogP contribution in [0.2, 0.25) is 0 Å². The minimum absolute atomic E-state index is 0.0968. The summed E-state index contributed by atoms with van der Waals surface area (Å²) >= 11 is 0. The molecule has 1 N–H and O–H groups in total. The van der Waals surface area contributed by atoms with Crippen LogP contribution >= 0.6 is 0 Å². The maximum absolute atomic E-state index is 10.7. The number of nitriles is 1. The van der Waals surface area contributed by atoms with Crippen LogP contribution in [0, 0.1) is 21.4 Å². The second kappa shape index (κ2) is 6.87. The largest absolute Gasteiger partial charge is 0.385 e. The number of likely N-dealkylation sites (tertiary alicyclic amines) is 1. The van der Waals surface area contributed by atoms with Crippen LogP contribution in [0.15, 0.2) is 18.2 Å². The molecule has 1 heterocycles. The van der Waals surface area contributed by atoms with Gasteiger partial charge in [-0.25, -0.2) is 0 Å². The molecule has 1 fully saturated rings. The van der Waals surface area contributed by atoms with Gasteiger partial charge in [0.05, 0.1) is 4.92 Å². The Bertz CT molecular complexity index is 518. The summed E-state index contributed by atoms with van der Waals surface area (Å²) in [5.41, 5.74) is 0.711. The topological polar surface area (TPSA) is 82.2 Å². The van der Waals surface area contributed by atoms with E-state index in [-0.39, 0.29) is 11.3 Å². The highest BCUT2D eigenvalue weighted by molar-refractivity contribution is 5.58. The normalized spacial score (nSPS) is 14.9. The first-order valence-corrected chi connectivity index (χ1v) is 6.85. The van der Waals surface area contributed by atoms with Gasteiger partial charge < -0.3 is 10.2 Å². The molecule has 0 aromatic heterocycles. The predicted molar refractivity (Wildman–Crippen MR) is 76.6 cm³/mol. The molecule has 0 spiro atoms. The molecule has 1 aromatic carbocycles. The van der Waals surface area contributed by atoms with E-state index in [0.717, 1.165) is 25.2 Å². The van der Waals surface area contributed by atoms with Crippen LogP contribution in [-0.2, 0) is 0 Å². The Hall–Kier alpha value is -2.13. The number of hydrogen-bond donors (Lipinski definition) is 1. The quantitative estimate of drug-likeness (QED) is 0.489. The summed E-state index contributed by atoms with van der Waals surface area (Å²) in [4.78, 5) is 12.6. The van der Waals surface area contributed by atoms with E-state index in [1.165, 1.54) is 38.1 Å². The third kappa shape index (κ3) is 3.68. The number of nitrogens with zero attached hydrogens (tertiary/aromatic N) is 3. The molecular formula is C14H18N4O2. The van der Waals surface area contributed by atoms with E-state index < -0.39 is 4.92 Å². The first-order valence-electron chi connectivity index (χ1n) is 6.85. The van der Waals surface area contributed by atoms with Gasteiger partial charge in [-0.1, -0.05) is 0 Å². The van der Waals surface area contributed by atoms with Crippen LogP contribution in [0.4, 0.5) is 11.4 Å². The lowest BCUT2D eigenvalue weighted by Gasteiger charge is -2.14. The van der Waals surface area contributed by atoms with Crippen molar-refractivity contribution < 1.29 is 4.92 Å². The summed E-state index contributed by atoms with van der Waals surface area (Å²) in [5, 5.41) is 22.9. The van der Waals surface area contributed by atoms with Crippen molar-refractivity contribution in [3.63, 3.8) is 0 Å². The molecule has 0 unspecified atom stereocenters. The highest BCUT2D eigenvalue weighted by atomic mass is 16.6. The molecular weight excluding hydrogens is 256 g/mol. The second-order valence-corrected chi connectivity index (χ2v) is 4.93. The number of rotatable bonds is 6. The zero-order chi connectivity index (χ0) is 14.4. The average Bonchev–Trinajstić information content (AvgIpc) is 2.96. The Morgan fingerprint density at radius 1 is 1.40 bits per heavy atom. The number of nitro benzene ring substituents is 1. The first-order chi connectivity index (χ1) is 9.70. The number of benzene rings is 1. The molecule has 0 saturated carbocycles. The molecule has 1 aliphatic rings. The zero-order valence-electron chi connectivity index (χ0n) is 11.3. The van der Waals surface area contributed by atoms with E-state index in [0.29, 0.717) is 0 Å². The average molecular weight is 274 g/mol. The van der Waals surface area contributed by atoms with Crippen molar-refractivity contribution in [2.45, 2.75) is 19.3 Å². The predicted octanol–water partition coefficient (Wildman–Crippen LogP) is 2.36. The van der Waals surface area contributed by atoms with Crippen molar-refractivity contribution in [3.8, 4) is 6.07 Å². The fourth-order valence-corrected chi connectivity index (χ4v) is 2.44. The van der Waals surface area contributed by atoms with Gasteiger partial charge in [0.25, 0.3) is 5.69 Å². The third-order valence-corrected chi connectivity index (χ3v) is 3.49. The Labute approximate surface area is 118 Å². The maximum Gasteiger partial charge on any atom is 0.287 e. The summed E-state index contributed by atoms with van der Waals surface area (Å²) in [6, 6.07) is 6.42. The van der Waals surface area contributed by atoms with Crippen molar-refractivity contribution in [2.75, 3.05) is 31.5 Å². The number of anilines is 1. The molecule has 1 aromatic rings. The summed E-state index contributed by atoms with van der Waals surface area (Å²) in [6.07, 6.45) is 3.61. The summed E-state index contributed by atoms with van der Waals surface area (Å²) in [5.74, 6) is 0. The Morgan fingerprint density at radius 3 is 2.80 bits per heavy atom. The fraction of sp³-hybridized carbons (Fsp3) is 0.500. The van der Waals surface area contributed by atoms with Crippen LogP contribution in [0.25, 0.3) is 0 Å². The summed E-state index contributed by atoms with van der Waals surface area (Å²) in [7, 11) is 0. The van der Waals surface area contributed by atoms with Gasteiger partial charge >= 0.3 is 0 Å². The number of hydrogen-bond acceptors (Lipinski definition) is 5. The van der Waals surface area contributed by atoms with Gasteiger partial charge in [-0.05, 0) is 51.0 Å². The minimum atomic E-state index is -0.532. The maximum atomic E-state index is 10.7. The van der Waals surface area contributed by atoms with E-state index in [1.807, 2.05) is 6.07 Å². The van der Waals surface area contributed by atoms with Crippen LogP contribution in [-0.4, -0.2) is 36.0 Å². The zero-order valence-corrected chi connectivity index (χ0v) is 11.3. The van der Waals surface area contributed by atoms with Crippen LogP contribution in [0.3, 0.4) is 0 Å². The summed E-state index contributed by atoms with van der Waals surface area (Å²) in [6.45, 7) is 4.26. The smallest absolute Gasteiger partial charge is 0.287 e. The molecule has 106 valence electrons. The molecule has 0 aliphatic carbocycles. The van der Waals surface area contributed by atoms with Gasteiger partial charge in [-0.2, -0.15) is 5.26 Å². The lowest BCUT2D eigenvalue weighted by Crippen LogP contribution is -2.22. The van der Waals surface area contributed by atoms with E-state index >= 15 is 0 Å². The van der Waals surface area contributed by atoms with Crippen molar-refractivity contribution in [1.29, 1.82) is 5.26 Å². The van der Waals surface area contributed by atoms with Crippen molar-refractivity contribution in [1.82, 2.24) is 4.90 Å². The molecule has 6 nitrogen and oxygen atoms in total. The minimum Gasteiger partial charge on any atom is -0.385 e. The van der Waals surface area contributed by atoms with Crippen LogP contribution in [0.1, 0.15) is 24.8 Å². The van der Waals surface area contributed by atoms with E-state index in [9.17, 15) is 10.1 Å². The van der Waals surface area contributed by atoms with E-state index in [4.69, 9.17) is 5.26 Å². The van der Waals surface area contributed by atoms with Crippen LogP contribution < -0.4 is 5.32 Å². The molecule has 0 amide bonds. The standard InChI is InChI=1S/C14H18N4O2/c15-11-12-10-13(4-5-14(12)18(19)20)16-6-3-9-17-7-1-2-8-17/h4-5,10,16H,1-3,6-9H2. The molecule has 2 rings (SSSR count). The monoisotopic (exact) mass is 274 g/mol. The van der Waals surface area contributed by atoms with Gasteiger partial charge in [0.15, 0.2) is 0 Å². The Kier molecular flexibility index (Phi) is 4.91. The third-order valence-electron chi connectivity index (χ3n) is 3.49. The first kappa shape index (κ1) is 14.3. The molecule has 0 radical (unpaired) electrons. The van der Waals surface area contributed by atoms with Crippen LogP contribution in [0.5, 0.6) is 0 Å². The van der Waals surface area contributed by atoms with E-state index in [1.54, 1.807) is 6.07 Å². The van der Waals surface area contributed by atoms with Crippen molar-refractivity contribution in [3.05, 3.63) is 33.9 Å². The molecule has 0 bridgehead atoms. The number of nitro groups is 1. The molecule has 0 atom stereocenters. The Balaban J connectivity index is 1.83. The van der Waals surface area contributed by atoms with Gasteiger partial charge in [-0.15, -0.1) is 0 Å².